The van der Waals surface area contributed by atoms with Gasteiger partial charge in [-0.3, -0.25) is 4.79 Å². The fourth-order valence-corrected chi connectivity index (χ4v) is 2.92. The van der Waals surface area contributed by atoms with Crippen LogP contribution in [0.2, 0.25) is 0 Å². The van der Waals surface area contributed by atoms with Crippen LogP contribution in [0.3, 0.4) is 0 Å². The van der Waals surface area contributed by atoms with E-state index in [1.807, 2.05) is 37.3 Å². The standard InChI is InChI=1S/C19H30N4O/c1-3-20-19(23-17-11-9-15(2)10-12-17)22-14-18(24)21-13-16-7-5-4-6-8-16/h4-8,15,17H,3,9-14H2,1-2H3,(H,21,24)(H2,20,22,23). The molecule has 2 rings (SSSR count). The van der Waals surface area contributed by atoms with Gasteiger partial charge in [-0.15, -0.1) is 0 Å². The minimum absolute atomic E-state index is 0.0617. The fourth-order valence-electron chi connectivity index (χ4n) is 2.92. The van der Waals surface area contributed by atoms with E-state index in [4.69, 9.17) is 0 Å². The molecule has 0 atom stereocenters. The highest BCUT2D eigenvalue weighted by Crippen LogP contribution is 2.23. The van der Waals surface area contributed by atoms with Crippen molar-refractivity contribution in [3.05, 3.63) is 35.9 Å². The van der Waals surface area contributed by atoms with Crippen LogP contribution < -0.4 is 16.0 Å². The molecule has 132 valence electrons. The summed E-state index contributed by atoms with van der Waals surface area (Å²) in [6.45, 7) is 5.83. The first-order chi connectivity index (χ1) is 11.7. The van der Waals surface area contributed by atoms with E-state index in [9.17, 15) is 4.79 Å². The third-order valence-electron chi connectivity index (χ3n) is 4.41. The average molecular weight is 330 g/mol. The highest BCUT2D eigenvalue weighted by molar-refractivity contribution is 5.85. The van der Waals surface area contributed by atoms with Crippen molar-refractivity contribution < 1.29 is 4.79 Å². The topological polar surface area (TPSA) is 65.5 Å². The van der Waals surface area contributed by atoms with Crippen LogP contribution in [0, 0.1) is 5.92 Å². The second-order valence-corrected chi connectivity index (χ2v) is 6.56. The number of amides is 1. The van der Waals surface area contributed by atoms with Crippen LogP contribution in [0.5, 0.6) is 0 Å². The van der Waals surface area contributed by atoms with Crippen molar-refractivity contribution >= 4 is 11.9 Å². The molecule has 0 radical (unpaired) electrons. The monoisotopic (exact) mass is 330 g/mol. The van der Waals surface area contributed by atoms with Crippen LogP contribution in [-0.4, -0.2) is 31.0 Å². The summed E-state index contributed by atoms with van der Waals surface area (Å²) in [5.74, 6) is 1.51. The van der Waals surface area contributed by atoms with Gasteiger partial charge in [0.15, 0.2) is 5.96 Å². The van der Waals surface area contributed by atoms with Gasteiger partial charge >= 0.3 is 0 Å². The van der Waals surface area contributed by atoms with E-state index >= 15 is 0 Å². The van der Waals surface area contributed by atoms with Gasteiger partial charge in [0.05, 0.1) is 0 Å². The van der Waals surface area contributed by atoms with E-state index in [2.05, 4.69) is 27.9 Å². The minimum Gasteiger partial charge on any atom is -0.357 e. The predicted molar refractivity (Wildman–Crippen MR) is 98.8 cm³/mol. The normalized spacial score (nSPS) is 21.2. The fraction of sp³-hybridized carbons (Fsp3) is 0.579. The summed E-state index contributed by atoms with van der Waals surface area (Å²) in [4.78, 5) is 16.4. The molecule has 3 N–H and O–H groups in total. The second kappa shape index (κ2) is 9.96. The van der Waals surface area contributed by atoms with Gasteiger partial charge < -0.3 is 16.0 Å². The lowest BCUT2D eigenvalue weighted by atomic mass is 9.87. The molecule has 0 spiro atoms. The Morgan fingerprint density at radius 1 is 1.12 bits per heavy atom. The van der Waals surface area contributed by atoms with Gasteiger partial charge in [0, 0.05) is 19.1 Å². The number of benzene rings is 1. The number of hydrogen-bond acceptors (Lipinski definition) is 2. The number of rotatable bonds is 6. The van der Waals surface area contributed by atoms with Crippen molar-refractivity contribution in [1.29, 1.82) is 0 Å². The Hall–Kier alpha value is -2.04. The lowest BCUT2D eigenvalue weighted by Crippen LogP contribution is -2.45. The van der Waals surface area contributed by atoms with Crippen molar-refractivity contribution in [2.45, 2.75) is 52.1 Å². The SMILES string of the molecule is CCNC(=NCC(=O)NCc1ccccc1)NC1CCC(C)CC1. The number of carbonyl (C=O) groups is 1. The molecule has 1 aliphatic carbocycles. The Morgan fingerprint density at radius 3 is 2.50 bits per heavy atom. The zero-order valence-electron chi connectivity index (χ0n) is 14.8. The van der Waals surface area contributed by atoms with Crippen LogP contribution in [-0.2, 0) is 11.3 Å². The van der Waals surface area contributed by atoms with Crippen molar-refractivity contribution in [2.24, 2.45) is 10.9 Å². The molecule has 24 heavy (non-hydrogen) atoms. The molecule has 5 heteroatoms. The predicted octanol–water partition coefficient (Wildman–Crippen LogP) is 2.44. The van der Waals surface area contributed by atoms with Crippen molar-refractivity contribution in [1.82, 2.24) is 16.0 Å². The molecule has 1 amide bonds. The van der Waals surface area contributed by atoms with Crippen molar-refractivity contribution in [3.63, 3.8) is 0 Å². The van der Waals surface area contributed by atoms with Gasteiger partial charge in [-0.25, -0.2) is 4.99 Å². The Morgan fingerprint density at radius 2 is 1.83 bits per heavy atom. The maximum atomic E-state index is 12.0. The summed E-state index contributed by atoms with van der Waals surface area (Å²) < 4.78 is 0. The third kappa shape index (κ3) is 6.60. The number of hydrogen-bond donors (Lipinski definition) is 3. The molecule has 0 aliphatic heterocycles. The van der Waals surface area contributed by atoms with E-state index in [-0.39, 0.29) is 12.5 Å². The molecule has 1 aromatic rings. The van der Waals surface area contributed by atoms with Gasteiger partial charge in [0.1, 0.15) is 6.54 Å². The Labute approximate surface area is 145 Å². The number of carbonyl (C=O) groups excluding carboxylic acids is 1. The Kier molecular flexibility index (Phi) is 7.59. The molecular formula is C19H30N4O. The highest BCUT2D eigenvalue weighted by atomic mass is 16.1. The number of nitrogens with one attached hydrogen (secondary N) is 3. The van der Waals surface area contributed by atoms with E-state index < -0.39 is 0 Å². The Balaban J connectivity index is 1.78. The lowest BCUT2D eigenvalue weighted by molar-refractivity contribution is -0.119. The molecule has 1 fully saturated rings. The second-order valence-electron chi connectivity index (χ2n) is 6.56. The molecule has 0 bridgehead atoms. The first-order valence-electron chi connectivity index (χ1n) is 9.02. The Bertz CT molecular complexity index is 521. The van der Waals surface area contributed by atoms with Gasteiger partial charge in [0.2, 0.25) is 5.91 Å². The quantitative estimate of drug-likeness (QED) is 0.554. The third-order valence-corrected chi connectivity index (χ3v) is 4.41. The maximum absolute atomic E-state index is 12.0. The number of nitrogens with zero attached hydrogens (tertiary/aromatic N) is 1. The van der Waals surface area contributed by atoms with Gasteiger partial charge in [-0.05, 0) is 44.1 Å². The van der Waals surface area contributed by atoms with Crippen LogP contribution >= 0.6 is 0 Å². The summed E-state index contributed by atoms with van der Waals surface area (Å²) in [6.07, 6.45) is 4.86. The molecule has 0 saturated heterocycles. The summed E-state index contributed by atoms with van der Waals surface area (Å²) in [5.41, 5.74) is 1.09. The molecule has 0 heterocycles. The van der Waals surface area contributed by atoms with Crippen molar-refractivity contribution in [3.8, 4) is 0 Å². The van der Waals surface area contributed by atoms with E-state index in [0.29, 0.717) is 12.6 Å². The summed E-state index contributed by atoms with van der Waals surface area (Å²) in [6, 6.07) is 10.4. The number of guanidine groups is 1. The molecule has 0 unspecified atom stereocenters. The van der Waals surface area contributed by atoms with Crippen LogP contribution in [0.1, 0.15) is 45.1 Å². The first-order valence-corrected chi connectivity index (χ1v) is 9.02. The van der Waals surface area contributed by atoms with Gasteiger partial charge in [-0.2, -0.15) is 0 Å². The summed E-state index contributed by atoms with van der Waals surface area (Å²) >= 11 is 0. The van der Waals surface area contributed by atoms with Crippen LogP contribution in [0.4, 0.5) is 0 Å². The zero-order valence-corrected chi connectivity index (χ0v) is 14.8. The molecular weight excluding hydrogens is 300 g/mol. The first kappa shape index (κ1) is 18.3. The van der Waals surface area contributed by atoms with E-state index in [1.165, 1.54) is 25.7 Å². The molecule has 5 nitrogen and oxygen atoms in total. The maximum Gasteiger partial charge on any atom is 0.242 e. The molecule has 0 aromatic heterocycles. The highest BCUT2D eigenvalue weighted by Gasteiger charge is 2.18. The van der Waals surface area contributed by atoms with Crippen LogP contribution in [0.25, 0.3) is 0 Å². The minimum atomic E-state index is -0.0617. The van der Waals surface area contributed by atoms with E-state index in [0.717, 1.165) is 24.0 Å². The molecule has 1 aliphatic rings. The molecule has 1 aromatic carbocycles. The lowest BCUT2D eigenvalue weighted by Gasteiger charge is -2.28. The number of aliphatic imine (C=N–C) groups is 1. The van der Waals surface area contributed by atoms with Gasteiger partial charge in [0.25, 0.3) is 0 Å². The summed E-state index contributed by atoms with van der Waals surface area (Å²) in [5, 5.41) is 9.60. The van der Waals surface area contributed by atoms with E-state index in [1.54, 1.807) is 0 Å². The van der Waals surface area contributed by atoms with Crippen molar-refractivity contribution in [2.75, 3.05) is 13.1 Å². The summed E-state index contributed by atoms with van der Waals surface area (Å²) in [7, 11) is 0. The van der Waals surface area contributed by atoms with Crippen LogP contribution in [0.15, 0.2) is 35.3 Å². The largest absolute Gasteiger partial charge is 0.357 e. The zero-order chi connectivity index (χ0) is 17.2. The smallest absolute Gasteiger partial charge is 0.242 e. The average Bonchev–Trinajstić information content (AvgIpc) is 2.61. The molecule has 1 saturated carbocycles. The van der Waals surface area contributed by atoms with Gasteiger partial charge in [-0.1, -0.05) is 37.3 Å².